The molecule has 2 aliphatic carbocycles. The van der Waals surface area contributed by atoms with Crippen LogP contribution in [0.15, 0.2) is 146 Å². The molecule has 0 fully saturated rings. The molecule has 0 heterocycles. The molecule has 188 valence electrons. The largest absolute Gasteiger partial charge is 0.0622 e. The van der Waals surface area contributed by atoms with Crippen LogP contribution in [0.3, 0.4) is 0 Å². The number of rotatable bonds is 4. The Morgan fingerprint density at radius 3 is 1.52 bits per heavy atom. The van der Waals surface area contributed by atoms with Crippen LogP contribution in [0.1, 0.15) is 34.6 Å². The van der Waals surface area contributed by atoms with Crippen LogP contribution in [-0.2, 0) is 0 Å². The van der Waals surface area contributed by atoms with E-state index in [-0.39, 0.29) is 0 Å². The first-order valence-electron chi connectivity index (χ1n) is 14.1. The molecule has 40 heavy (non-hydrogen) atoms. The summed E-state index contributed by atoms with van der Waals surface area (Å²) in [5.74, 6) is 0.345. The fourth-order valence-electron chi connectivity index (χ4n) is 6.74. The maximum Gasteiger partial charge on any atom is 0.0148 e. The van der Waals surface area contributed by atoms with E-state index in [4.69, 9.17) is 0 Å². The molecule has 0 saturated carbocycles. The summed E-state index contributed by atoms with van der Waals surface area (Å²) < 4.78 is 0. The highest BCUT2D eigenvalue weighted by atomic mass is 14.4. The third kappa shape index (κ3) is 3.76. The summed E-state index contributed by atoms with van der Waals surface area (Å²) in [4.78, 5) is 0. The fourth-order valence-corrected chi connectivity index (χ4v) is 6.74. The molecular formula is C40H28. The number of allylic oxidation sites excluding steroid dienone is 1. The number of hydrogen-bond acceptors (Lipinski definition) is 0. The van der Waals surface area contributed by atoms with Gasteiger partial charge in [-0.2, -0.15) is 0 Å². The van der Waals surface area contributed by atoms with Crippen LogP contribution in [0.5, 0.6) is 0 Å². The number of benzene rings is 6. The zero-order valence-corrected chi connectivity index (χ0v) is 22.2. The van der Waals surface area contributed by atoms with E-state index in [1.165, 1.54) is 72.3 Å². The van der Waals surface area contributed by atoms with Crippen molar-refractivity contribution in [1.82, 2.24) is 0 Å². The summed E-state index contributed by atoms with van der Waals surface area (Å²) >= 11 is 0. The van der Waals surface area contributed by atoms with Crippen LogP contribution in [0.2, 0.25) is 0 Å². The Bertz CT molecular complexity index is 1880. The lowest BCUT2D eigenvalue weighted by Gasteiger charge is -2.25. The van der Waals surface area contributed by atoms with Gasteiger partial charge in [-0.15, -0.1) is 0 Å². The first kappa shape index (κ1) is 23.0. The molecule has 0 aromatic heterocycles. The summed E-state index contributed by atoms with van der Waals surface area (Å²) in [5.41, 5.74) is 17.4. The van der Waals surface area contributed by atoms with Crippen molar-refractivity contribution >= 4 is 11.6 Å². The van der Waals surface area contributed by atoms with Gasteiger partial charge in [0.2, 0.25) is 0 Å². The molecule has 1 atom stereocenters. The van der Waals surface area contributed by atoms with Crippen molar-refractivity contribution in [3.63, 3.8) is 0 Å². The highest BCUT2D eigenvalue weighted by Gasteiger charge is 2.35. The van der Waals surface area contributed by atoms with Gasteiger partial charge in [-0.05, 0) is 103 Å². The topological polar surface area (TPSA) is 0 Å². The van der Waals surface area contributed by atoms with E-state index in [0.29, 0.717) is 5.92 Å². The van der Waals surface area contributed by atoms with E-state index in [1.54, 1.807) is 0 Å². The van der Waals surface area contributed by atoms with Gasteiger partial charge in [0.25, 0.3) is 0 Å². The molecule has 0 radical (unpaired) electrons. The van der Waals surface area contributed by atoms with Crippen LogP contribution < -0.4 is 0 Å². The SMILES string of the molecule is C1=C(c2ccccc2)CC2c3cc(-c4ccccc4)c(-c4ccccc4)cc3-c3cc(-c4ccccc4)cc1c32. The summed E-state index contributed by atoms with van der Waals surface area (Å²) in [6, 6.07) is 53.3. The third-order valence-corrected chi connectivity index (χ3v) is 8.59. The lowest BCUT2D eigenvalue weighted by Crippen LogP contribution is -2.06. The average Bonchev–Trinajstić information content (AvgIpc) is 3.35. The molecule has 0 aliphatic heterocycles. The van der Waals surface area contributed by atoms with Crippen molar-refractivity contribution in [1.29, 1.82) is 0 Å². The highest BCUT2D eigenvalue weighted by Crippen LogP contribution is 2.56. The Labute approximate surface area is 235 Å². The molecule has 0 heteroatoms. The van der Waals surface area contributed by atoms with Crippen LogP contribution in [0.25, 0.3) is 56.2 Å². The van der Waals surface area contributed by atoms with Crippen LogP contribution >= 0.6 is 0 Å². The van der Waals surface area contributed by atoms with Crippen molar-refractivity contribution in [2.75, 3.05) is 0 Å². The Balaban J connectivity index is 1.41. The van der Waals surface area contributed by atoms with E-state index >= 15 is 0 Å². The Hall–Kier alpha value is -4.94. The number of fused-ring (bicyclic) bond motifs is 3. The summed E-state index contributed by atoms with van der Waals surface area (Å²) in [6.45, 7) is 0. The third-order valence-electron chi connectivity index (χ3n) is 8.59. The van der Waals surface area contributed by atoms with Gasteiger partial charge in [0.05, 0.1) is 0 Å². The molecule has 6 aromatic carbocycles. The number of hydrogen-bond donors (Lipinski definition) is 0. The van der Waals surface area contributed by atoms with Crippen molar-refractivity contribution in [2.24, 2.45) is 0 Å². The summed E-state index contributed by atoms with van der Waals surface area (Å²) in [7, 11) is 0. The standard InChI is InChI=1S/C40H28/c1-5-13-27(14-6-1)31-21-33-22-32(28-15-7-2-8-16-28)24-39-37-26-35(30-19-11-4-12-20-30)34(29-17-9-3-10-18-29)25-36(37)38(23-31)40(33)39/h1-23,25-26,39H,24H2. The van der Waals surface area contributed by atoms with E-state index < -0.39 is 0 Å². The molecule has 8 rings (SSSR count). The normalized spacial score (nSPS) is 14.8. The molecule has 0 N–H and O–H groups in total. The van der Waals surface area contributed by atoms with Gasteiger partial charge in [-0.1, -0.05) is 127 Å². The van der Waals surface area contributed by atoms with Gasteiger partial charge >= 0.3 is 0 Å². The molecule has 0 saturated heterocycles. The maximum atomic E-state index is 2.50. The first-order chi connectivity index (χ1) is 19.8. The second kappa shape index (κ2) is 9.36. The molecule has 2 aliphatic rings. The first-order valence-corrected chi connectivity index (χ1v) is 14.1. The molecule has 6 aromatic rings. The van der Waals surface area contributed by atoms with Crippen molar-refractivity contribution in [2.45, 2.75) is 12.3 Å². The fraction of sp³-hybridized carbons (Fsp3) is 0.0500. The van der Waals surface area contributed by atoms with Gasteiger partial charge < -0.3 is 0 Å². The van der Waals surface area contributed by atoms with Gasteiger partial charge in [-0.3, -0.25) is 0 Å². The molecule has 1 unspecified atom stereocenters. The van der Waals surface area contributed by atoms with Crippen LogP contribution in [0.4, 0.5) is 0 Å². The van der Waals surface area contributed by atoms with E-state index in [9.17, 15) is 0 Å². The monoisotopic (exact) mass is 508 g/mol. The predicted molar refractivity (Wildman–Crippen MR) is 169 cm³/mol. The molecule has 0 bridgehead atoms. The summed E-state index contributed by atoms with van der Waals surface area (Å²) in [6.07, 6.45) is 3.46. The minimum absolute atomic E-state index is 0.345. The average molecular weight is 509 g/mol. The zero-order chi connectivity index (χ0) is 26.5. The minimum Gasteiger partial charge on any atom is -0.0622 e. The minimum atomic E-state index is 0.345. The second-order valence-electron chi connectivity index (χ2n) is 10.9. The van der Waals surface area contributed by atoms with Gasteiger partial charge in [0.15, 0.2) is 0 Å². The lowest BCUT2D eigenvalue weighted by atomic mass is 9.79. The molecular weight excluding hydrogens is 480 g/mol. The molecule has 0 amide bonds. The van der Waals surface area contributed by atoms with Gasteiger partial charge in [0.1, 0.15) is 0 Å². The predicted octanol–water partition coefficient (Wildman–Crippen LogP) is 10.7. The smallest absolute Gasteiger partial charge is 0.0148 e. The van der Waals surface area contributed by atoms with Crippen molar-refractivity contribution in [3.8, 4) is 44.5 Å². The van der Waals surface area contributed by atoms with E-state index in [0.717, 1.165) is 6.42 Å². The van der Waals surface area contributed by atoms with Gasteiger partial charge in [0, 0.05) is 5.92 Å². The summed E-state index contributed by atoms with van der Waals surface area (Å²) in [5, 5.41) is 0. The van der Waals surface area contributed by atoms with E-state index in [1.807, 2.05) is 0 Å². The molecule has 0 spiro atoms. The van der Waals surface area contributed by atoms with E-state index in [2.05, 4.69) is 152 Å². The highest BCUT2D eigenvalue weighted by molar-refractivity contribution is 5.98. The van der Waals surface area contributed by atoms with Gasteiger partial charge in [-0.25, -0.2) is 0 Å². The van der Waals surface area contributed by atoms with Crippen LogP contribution in [0, 0.1) is 0 Å². The lowest BCUT2D eigenvalue weighted by molar-refractivity contribution is 0.857. The molecule has 0 nitrogen and oxygen atoms in total. The Morgan fingerprint density at radius 1 is 0.400 bits per heavy atom. The zero-order valence-electron chi connectivity index (χ0n) is 22.2. The Kier molecular flexibility index (Phi) is 5.38. The quantitative estimate of drug-likeness (QED) is 0.222. The maximum absolute atomic E-state index is 2.50. The van der Waals surface area contributed by atoms with Crippen molar-refractivity contribution < 1.29 is 0 Å². The Morgan fingerprint density at radius 2 is 0.925 bits per heavy atom. The second-order valence-corrected chi connectivity index (χ2v) is 10.9. The van der Waals surface area contributed by atoms with Crippen molar-refractivity contribution in [3.05, 3.63) is 168 Å². The van der Waals surface area contributed by atoms with Crippen LogP contribution in [-0.4, -0.2) is 0 Å².